The van der Waals surface area contributed by atoms with Crippen LogP contribution in [-0.2, 0) is 28.6 Å². The van der Waals surface area contributed by atoms with Gasteiger partial charge in [-0.1, -0.05) is 304 Å². The van der Waals surface area contributed by atoms with Crippen molar-refractivity contribution in [1.82, 2.24) is 0 Å². The van der Waals surface area contributed by atoms with Gasteiger partial charge in [-0.05, 0) is 103 Å². The zero-order chi connectivity index (χ0) is 57.1. The Kier molecular flexibility index (Phi) is 63.7. The molecule has 1 atom stereocenters. The minimum absolute atomic E-state index is 0.0827. The van der Waals surface area contributed by atoms with E-state index in [1.54, 1.807) is 0 Å². The van der Waals surface area contributed by atoms with Crippen molar-refractivity contribution in [1.29, 1.82) is 0 Å². The van der Waals surface area contributed by atoms with Crippen LogP contribution in [0.1, 0.15) is 329 Å². The Hall–Kier alpha value is -3.67. The first-order valence-corrected chi connectivity index (χ1v) is 33.7. The molecule has 0 fully saturated rings. The first-order chi connectivity index (χ1) is 39.0. The van der Waals surface area contributed by atoms with E-state index in [4.69, 9.17) is 14.2 Å². The van der Waals surface area contributed by atoms with Gasteiger partial charge in [-0.25, -0.2) is 0 Å². The lowest BCUT2D eigenvalue weighted by molar-refractivity contribution is -0.167. The number of rotatable bonds is 61. The highest BCUT2D eigenvalue weighted by Crippen LogP contribution is 2.17. The van der Waals surface area contributed by atoms with E-state index in [2.05, 4.69) is 118 Å². The zero-order valence-corrected chi connectivity index (χ0v) is 52.1. The van der Waals surface area contributed by atoms with Gasteiger partial charge in [0.15, 0.2) is 6.10 Å². The van der Waals surface area contributed by atoms with E-state index >= 15 is 0 Å². The summed E-state index contributed by atoms with van der Waals surface area (Å²) < 4.78 is 16.8. The lowest BCUT2D eigenvalue weighted by atomic mass is 10.0. The number of unbranched alkanes of at least 4 members (excludes halogenated alkanes) is 34. The summed E-state index contributed by atoms with van der Waals surface area (Å²) in [6.07, 6.45) is 90.3. The van der Waals surface area contributed by atoms with Crippen LogP contribution in [0.15, 0.2) is 97.2 Å². The molecule has 0 aliphatic heterocycles. The second-order valence-electron chi connectivity index (χ2n) is 22.4. The van der Waals surface area contributed by atoms with E-state index in [0.29, 0.717) is 19.3 Å². The van der Waals surface area contributed by atoms with Crippen molar-refractivity contribution >= 4 is 17.9 Å². The second kappa shape index (κ2) is 66.8. The summed E-state index contributed by atoms with van der Waals surface area (Å²) in [5.74, 6) is -0.898. The van der Waals surface area contributed by atoms with Crippen molar-refractivity contribution in [3.8, 4) is 0 Å². The fourth-order valence-electron chi connectivity index (χ4n) is 9.54. The minimum Gasteiger partial charge on any atom is -0.462 e. The van der Waals surface area contributed by atoms with Crippen LogP contribution in [0.2, 0.25) is 0 Å². The predicted molar refractivity (Wildman–Crippen MR) is 344 cm³/mol. The Morgan fingerprint density at radius 2 is 0.494 bits per heavy atom. The van der Waals surface area contributed by atoms with Crippen molar-refractivity contribution in [2.75, 3.05) is 13.2 Å². The molecule has 0 rings (SSSR count). The number of hydrogen-bond acceptors (Lipinski definition) is 6. The van der Waals surface area contributed by atoms with Gasteiger partial charge in [0.2, 0.25) is 0 Å². The fourth-order valence-corrected chi connectivity index (χ4v) is 9.54. The van der Waals surface area contributed by atoms with E-state index in [1.807, 2.05) is 0 Å². The van der Waals surface area contributed by atoms with Gasteiger partial charge in [-0.3, -0.25) is 14.4 Å². The van der Waals surface area contributed by atoms with Crippen LogP contribution >= 0.6 is 0 Å². The van der Waals surface area contributed by atoms with Crippen molar-refractivity contribution in [2.24, 2.45) is 0 Å². The van der Waals surface area contributed by atoms with E-state index < -0.39 is 6.10 Å². The van der Waals surface area contributed by atoms with Crippen molar-refractivity contribution in [3.05, 3.63) is 97.2 Å². The van der Waals surface area contributed by atoms with Crippen LogP contribution in [0.4, 0.5) is 0 Å². The molecule has 0 heterocycles. The number of esters is 3. The lowest BCUT2D eigenvalue weighted by Crippen LogP contribution is -2.30. The Labute approximate surface area is 489 Å². The highest BCUT2D eigenvalue weighted by Gasteiger charge is 2.19. The summed E-state index contributed by atoms with van der Waals surface area (Å²) in [5, 5.41) is 0. The number of ether oxygens (including phenoxy) is 3. The smallest absolute Gasteiger partial charge is 0.306 e. The van der Waals surface area contributed by atoms with Crippen molar-refractivity contribution in [3.63, 3.8) is 0 Å². The van der Waals surface area contributed by atoms with E-state index in [1.165, 1.54) is 167 Å². The van der Waals surface area contributed by atoms with Crippen LogP contribution in [-0.4, -0.2) is 37.2 Å². The standard InChI is InChI=1S/C73H126O6/c1-4-7-10-13-16-18-20-22-24-26-28-30-31-32-33-34-35-36-37-38-39-40-41-43-44-46-48-50-52-54-57-60-63-66-72(75)78-69-70(68-77-71(74)65-62-59-56-15-12-9-6-3)79-73(76)67-64-61-58-55-53-51-49-47-45-42-29-27-25-23-21-19-17-14-11-8-5-2/h8,11,17,19-20,22-23,25-26,28-29,31-32,42,47,49,70H,4-7,9-10,12-16,18,21,24,27,30,33-41,43-46,48,50-69H2,1-3H3/b11-8-,19-17-,22-20-,25-23-,28-26-,32-31-,42-29-,49-47-. The first-order valence-electron chi connectivity index (χ1n) is 33.7. The Balaban J connectivity index is 4.07. The van der Waals surface area contributed by atoms with Gasteiger partial charge in [0, 0.05) is 19.3 Å². The zero-order valence-electron chi connectivity index (χ0n) is 52.1. The molecular weight excluding hydrogens is 973 g/mol. The van der Waals surface area contributed by atoms with Gasteiger partial charge in [0.25, 0.3) is 0 Å². The highest BCUT2D eigenvalue weighted by molar-refractivity contribution is 5.71. The predicted octanol–water partition coefficient (Wildman–Crippen LogP) is 23.2. The van der Waals surface area contributed by atoms with Crippen LogP contribution in [0.3, 0.4) is 0 Å². The monoisotopic (exact) mass is 1100 g/mol. The normalized spacial score (nSPS) is 12.7. The maximum atomic E-state index is 12.9. The van der Waals surface area contributed by atoms with Crippen molar-refractivity contribution in [2.45, 2.75) is 335 Å². The largest absolute Gasteiger partial charge is 0.462 e. The molecular formula is C73H126O6. The summed E-state index contributed by atoms with van der Waals surface area (Å²) in [5.41, 5.74) is 0. The third kappa shape index (κ3) is 65.0. The molecule has 0 radical (unpaired) electrons. The molecule has 6 nitrogen and oxygen atoms in total. The van der Waals surface area contributed by atoms with E-state index in [0.717, 1.165) is 122 Å². The van der Waals surface area contributed by atoms with Crippen molar-refractivity contribution < 1.29 is 28.6 Å². The molecule has 6 heteroatoms. The van der Waals surface area contributed by atoms with Crippen LogP contribution in [0.25, 0.3) is 0 Å². The fraction of sp³-hybridized carbons (Fsp3) is 0.740. The van der Waals surface area contributed by atoms with Gasteiger partial charge in [-0.15, -0.1) is 0 Å². The molecule has 79 heavy (non-hydrogen) atoms. The van der Waals surface area contributed by atoms with Gasteiger partial charge in [-0.2, -0.15) is 0 Å². The molecule has 0 saturated heterocycles. The number of carbonyl (C=O) groups is 3. The maximum Gasteiger partial charge on any atom is 0.306 e. The molecule has 0 aliphatic rings. The molecule has 0 amide bonds. The molecule has 0 aromatic rings. The Bertz CT molecular complexity index is 1540. The molecule has 0 saturated carbocycles. The van der Waals surface area contributed by atoms with E-state index in [9.17, 15) is 14.4 Å². The maximum absolute atomic E-state index is 12.9. The Morgan fingerprint density at radius 3 is 0.772 bits per heavy atom. The van der Waals surface area contributed by atoms with Crippen LogP contribution in [0.5, 0.6) is 0 Å². The number of carbonyl (C=O) groups excluding carboxylic acids is 3. The summed E-state index contributed by atoms with van der Waals surface area (Å²) in [7, 11) is 0. The number of allylic oxidation sites excluding steroid dienone is 16. The minimum atomic E-state index is -0.785. The summed E-state index contributed by atoms with van der Waals surface area (Å²) >= 11 is 0. The highest BCUT2D eigenvalue weighted by atomic mass is 16.6. The van der Waals surface area contributed by atoms with Crippen LogP contribution < -0.4 is 0 Å². The molecule has 0 bridgehead atoms. The third-order valence-electron chi connectivity index (χ3n) is 14.6. The third-order valence-corrected chi connectivity index (χ3v) is 14.6. The lowest BCUT2D eigenvalue weighted by Gasteiger charge is -2.18. The first kappa shape index (κ1) is 75.3. The average Bonchev–Trinajstić information content (AvgIpc) is 3.45. The summed E-state index contributed by atoms with van der Waals surface area (Å²) in [6, 6.07) is 0. The molecule has 0 aliphatic carbocycles. The molecule has 0 aromatic heterocycles. The average molecular weight is 1100 g/mol. The van der Waals surface area contributed by atoms with Gasteiger partial charge in [0.05, 0.1) is 0 Å². The van der Waals surface area contributed by atoms with Gasteiger partial charge < -0.3 is 14.2 Å². The second-order valence-corrected chi connectivity index (χ2v) is 22.4. The van der Waals surface area contributed by atoms with Gasteiger partial charge in [0.1, 0.15) is 13.2 Å². The SMILES string of the molecule is CC/C=C\C/C=C\C/C=C\C/C=C\C/C=C\CCCCCCCC(=O)OC(COC(=O)CCCCCCCCC)COC(=O)CCCCCCCCCCCCCCCCCCCC/C=C\C/C=C\C/C=C\CCCCCCC. The Morgan fingerprint density at radius 1 is 0.266 bits per heavy atom. The summed E-state index contributed by atoms with van der Waals surface area (Å²) in [4.78, 5) is 38.1. The number of hydrogen-bond donors (Lipinski definition) is 0. The summed E-state index contributed by atoms with van der Waals surface area (Å²) in [6.45, 7) is 6.48. The van der Waals surface area contributed by atoms with E-state index in [-0.39, 0.29) is 31.1 Å². The molecule has 1 unspecified atom stereocenters. The topological polar surface area (TPSA) is 78.9 Å². The molecule has 0 aromatic carbocycles. The van der Waals surface area contributed by atoms with Crippen LogP contribution in [0, 0.1) is 0 Å². The molecule has 0 N–H and O–H groups in total. The quantitative estimate of drug-likeness (QED) is 0.0261. The molecule has 0 spiro atoms. The molecule has 454 valence electrons. The van der Waals surface area contributed by atoms with Gasteiger partial charge >= 0.3 is 17.9 Å².